The summed E-state index contributed by atoms with van der Waals surface area (Å²) in [5.74, 6) is 0. The van der Waals surface area contributed by atoms with E-state index in [1.165, 1.54) is 11.4 Å². The second-order valence-corrected chi connectivity index (χ2v) is 9.48. The van der Waals surface area contributed by atoms with Crippen molar-refractivity contribution in [3.8, 4) is 0 Å². The molecule has 0 atom stereocenters. The first-order valence-electron chi connectivity index (χ1n) is 6.32. The fraction of sp³-hybridized carbons (Fsp3) is 0.571. The highest BCUT2D eigenvalue weighted by Crippen LogP contribution is 2.44. The molecule has 1 aromatic rings. The van der Waals surface area contributed by atoms with Crippen LogP contribution in [0.4, 0.5) is 11.4 Å². The Hall–Kier alpha value is -0.480. The molecule has 0 saturated heterocycles. The summed E-state index contributed by atoms with van der Waals surface area (Å²) < 4.78 is 0.457. The molecule has 0 bridgehead atoms. The molecule has 2 nitrogen and oxygen atoms in total. The van der Waals surface area contributed by atoms with Gasteiger partial charge in [-0.05, 0) is 39.8 Å². The Balaban J connectivity index is 2.25. The highest BCUT2D eigenvalue weighted by atomic mass is 33.1. The third kappa shape index (κ3) is 3.75. The number of hydrogen-bond acceptors (Lipinski definition) is 4. The average molecular weight is 282 g/mol. The fourth-order valence-corrected chi connectivity index (χ4v) is 4.11. The minimum atomic E-state index is 0.229. The van der Waals surface area contributed by atoms with E-state index in [4.69, 9.17) is 0 Å². The SMILES string of the molecule is CC1(C)CNc2ccccc2NCC(C)(C)SS1. The summed E-state index contributed by atoms with van der Waals surface area (Å²) in [5.41, 5.74) is 2.41. The predicted octanol–water partition coefficient (Wildman–Crippen LogP) is 4.46. The van der Waals surface area contributed by atoms with Gasteiger partial charge in [-0.2, -0.15) is 0 Å². The molecule has 18 heavy (non-hydrogen) atoms. The molecule has 0 spiro atoms. The lowest BCUT2D eigenvalue weighted by Gasteiger charge is -2.33. The van der Waals surface area contributed by atoms with Crippen molar-refractivity contribution in [3.05, 3.63) is 24.3 Å². The van der Waals surface area contributed by atoms with Crippen molar-refractivity contribution in [2.45, 2.75) is 37.2 Å². The average Bonchev–Trinajstić information content (AvgIpc) is 2.32. The summed E-state index contributed by atoms with van der Waals surface area (Å²) in [4.78, 5) is 0. The van der Waals surface area contributed by atoms with Gasteiger partial charge in [-0.25, -0.2) is 0 Å². The first kappa shape index (κ1) is 13.9. The van der Waals surface area contributed by atoms with Crippen LogP contribution in [0.1, 0.15) is 27.7 Å². The maximum absolute atomic E-state index is 3.55. The van der Waals surface area contributed by atoms with Crippen molar-refractivity contribution in [3.63, 3.8) is 0 Å². The van der Waals surface area contributed by atoms with Crippen LogP contribution in [0.2, 0.25) is 0 Å². The quantitative estimate of drug-likeness (QED) is 0.686. The van der Waals surface area contributed by atoms with E-state index >= 15 is 0 Å². The molecule has 1 aliphatic rings. The van der Waals surface area contributed by atoms with Gasteiger partial charge >= 0.3 is 0 Å². The predicted molar refractivity (Wildman–Crippen MR) is 86.8 cm³/mol. The van der Waals surface area contributed by atoms with E-state index in [0.29, 0.717) is 0 Å². The Morgan fingerprint density at radius 3 is 1.61 bits per heavy atom. The second-order valence-electron chi connectivity index (χ2n) is 5.94. The lowest BCUT2D eigenvalue weighted by molar-refractivity contribution is 0.741. The lowest BCUT2D eigenvalue weighted by atomic mass is 10.1. The van der Waals surface area contributed by atoms with E-state index in [2.05, 4.69) is 62.6 Å². The van der Waals surface area contributed by atoms with E-state index in [1.54, 1.807) is 0 Å². The van der Waals surface area contributed by atoms with Crippen molar-refractivity contribution >= 4 is 33.0 Å². The van der Waals surface area contributed by atoms with E-state index in [-0.39, 0.29) is 9.49 Å². The van der Waals surface area contributed by atoms with Crippen molar-refractivity contribution in [2.75, 3.05) is 23.7 Å². The van der Waals surface area contributed by atoms with E-state index in [9.17, 15) is 0 Å². The molecule has 0 aromatic heterocycles. The van der Waals surface area contributed by atoms with Crippen LogP contribution in [-0.4, -0.2) is 22.6 Å². The summed E-state index contributed by atoms with van der Waals surface area (Å²) in [6.07, 6.45) is 0. The largest absolute Gasteiger partial charge is 0.382 e. The van der Waals surface area contributed by atoms with Crippen molar-refractivity contribution in [1.29, 1.82) is 0 Å². The molecule has 1 aromatic carbocycles. The van der Waals surface area contributed by atoms with Gasteiger partial charge in [0.1, 0.15) is 0 Å². The van der Waals surface area contributed by atoms with Crippen LogP contribution >= 0.6 is 21.6 Å². The molecule has 0 fully saturated rings. The number of nitrogens with one attached hydrogen (secondary N) is 2. The minimum absolute atomic E-state index is 0.229. The van der Waals surface area contributed by atoms with Crippen molar-refractivity contribution < 1.29 is 0 Å². The molecule has 1 aliphatic heterocycles. The molecule has 0 saturated carbocycles. The summed E-state index contributed by atoms with van der Waals surface area (Å²) >= 11 is 0. The molecule has 1 heterocycles. The highest BCUT2D eigenvalue weighted by Gasteiger charge is 2.27. The standard InChI is InChI=1S/C14H22N2S2/c1-13(2)9-15-11-7-5-6-8-12(11)16-10-14(3,4)18-17-13/h5-8,15-16H,9-10H2,1-4H3. The number of anilines is 2. The Bertz CT molecular complexity index is 377. The van der Waals surface area contributed by atoms with Crippen LogP contribution < -0.4 is 10.6 Å². The Kier molecular flexibility index (Phi) is 4.07. The number of hydrogen-bond donors (Lipinski definition) is 2. The lowest BCUT2D eigenvalue weighted by Crippen LogP contribution is -2.31. The Morgan fingerprint density at radius 2 is 1.22 bits per heavy atom. The van der Waals surface area contributed by atoms with Gasteiger partial charge in [-0.3, -0.25) is 0 Å². The van der Waals surface area contributed by atoms with Crippen LogP contribution in [-0.2, 0) is 0 Å². The molecule has 4 heteroatoms. The number of benzene rings is 1. The maximum Gasteiger partial charge on any atom is 0.0576 e. The molecule has 0 unspecified atom stereocenters. The molecule has 2 rings (SSSR count). The number of rotatable bonds is 0. The van der Waals surface area contributed by atoms with Gasteiger partial charge in [-0.15, -0.1) is 0 Å². The smallest absolute Gasteiger partial charge is 0.0576 e. The van der Waals surface area contributed by atoms with E-state index in [0.717, 1.165) is 13.1 Å². The normalized spacial score (nSPS) is 22.2. The fourth-order valence-electron chi connectivity index (χ4n) is 1.69. The van der Waals surface area contributed by atoms with Crippen LogP contribution in [0.15, 0.2) is 24.3 Å². The summed E-state index contributed by atoms with van der Waals surface area (Å²) in [5, 5.41) is 7.11. The molecule has 0 amide bonds. The molecule has 2 N–H and O–H groups in total. The van der Waals surface area contributed by atoms with Crippen LogP contribution in [0.5, 0.6) is 0 Å². The highest BCUT2D eigenvalue weighted by molar-refractivity contribution is 8.77. The molecular weight excluding hydrogens is 260 g/mol. The van der Waals surface area contributed by atoms with Gasteiger partial charge in [0, 0.05) is 22.6 Å². The van der Waals surface area contributed by atoms with E-state index in [1.807, 2.05) is 21.6 Å². The van der Waals surface area contributed by atoms with Gasteiger partial charge in [0.25, 0.3) is 0 Å². The number of fused-ring (bicyclic) bond motifs is 1. The Morgan fingerprint density at radius 1 is 0.833 bits per heavy atom. The third-order valence-electron chi connectivity index (χ3n) is 2.83. The maximum atomic E-state index is 3.55. The molecule has 0 radical (unpaired) electrons. The summed E-state index contributed by atoms with van der Waals surface area (Å²) in [6, 6.07) is 8.45. The van der Waals surface area contributed by atoms with Gasteiger partial charge in [0.05, 0.1) is 11.4 Å². The van der Waals surface area contributed by atoms with Gasteiger partial charge in [-0.1, -0.05) is 33.7 Å². The van der Waals surface area contributed by atoms with Gasteiger partial charge in [0.2, 0.25) is 0 Å². The zero-order valence-corrected chi connectivity index (χ0v) is 13.2. The molecule has 0 aliphatic carbocycles. The van der Waals surface area contributed by atoms with Gasteiger partial charge in [0.15, 0.2) is 0 Å². The second kappa shape index (κ2) is 5.25. The topological polar surface area (TPSA) is 24.1 Å². The summed E-state index contributed by atoms with van der Waals surface area (Å²) in [7, 11) is 3.95. The van der Waals surface area contributed by atoms with E-state index < -0.39 is 0 Å². The zero-order chi connectivity index (χ0) is 13.2. The first-order chi connectivity index (χ1) is 8.38. The van der Waals surface area contributed by atoms with Crippen molar-refractivity contribution in [1.82, 2.24) is 0 Å². The van der Waals surface area contributed by atoms with Crippen molar-refractivity contribution in [2.24, 2.45) is 0 Å². The molecular formula is C14H22N2S2. The van der Waals surface area contributed by atoms with Crippen LogP contribution in [0.25, 0.3) is 0 Å². The minimum Gasteiger partial charge on any atom is -0.382 e. The van der Waals surface area contributed by atoms with Gasteiger partial charge < -0.3 is 10.6 Å². The summed E-state index contributed by atoms with van der Waals surface area (Å²) in [6.45, 7) is 11.1. The van der Waals surface area contributed by atoms with Crippen LogP contribution in [0, 0.1) is 0 Å². The van der Waals surface area contributed by atoms with Crippen LogP contribution in [0.3, 0.4) is 0 Å². The Labute approximate surface area is 118 Å². The number of para-hydroxylation sites is 2. The molecule has 100 valence electrons. The zero-order valence-electron chi connectivity index (χ0n) is 11.5. The third-order valence-corrected chi connectivity index (χ3v) is 7.06. The monoisotopic (exact) mass is 282 g/mol. The first-order valence-corrected chi connectivity index (χ1v) is 8.47.